The highest BCUT2D eigenvalue weighted by molar-refractivity contribution is 5.71. The van der Waals surface area contributed by atoms with Crippen LogP contribution in [0.15, 0.2) is 72.8 Å². The zero-order valence-electron chi connectivity index (χ0n) is 15.9. The van der Waals surface area contributed by atoms with Crippen LogP contribution in [0.4, 0.5) is 0 Å². The summed E-state index contributed by atoms with van der Waals surface area (Å²) in [6, 6.07) is 18.8. The topological polar surface area (TPSA) is 65.5 Å². The van der Waals surface area contributed by atoms with E-state index in [1.54, 1.807) is 11.6 Å². The molecule has 0 unspecified atom stereocenters. The SMILES string of the molecule is Cn1c(=C=N)c(C#N)n/c1=C/C=c1ccc(=c2ccc(=C3C=CC=C3)cc2)cc1. The van der Waals surface area contributed by atoms with Crippen LogP contribution in [-0.4, -0.2) is 15.4 Å². The molecule has 2 aromatic carbocycles. The minimum absolute atomic E-state index is 0.211. The van der Waals surface area contributed by atoms with Gasteiger partial charge in [0.1, 0.15) is 16.9 Å². The summed E-state index contributed by atoms with van der Waals surface area (Å²) in [5.41, 5.74) is 2.06. The molecule has 1 N–H and O–H groups in total. The maximum Gasteiger partial charge on any atom is 0.176 e. The summed E-state index contributed by atoms with van der Waals surface area (Å²) in [7, 11) is 1.77. The van der Waals surface area contributed by atoms with Crippen LogP contribution in [0.2, 0.25) is 0 Å². The molecule has 0 spiro atoms. The summed E-state index contributed by atoms with van der Waals surface area (Å²) in [5, 5.41) is 21.4. The zero-order valence-corrected chi connectivity index (χ0v) is 15.9. The number of allylic oxidation sites excluding steroid dienone is 4. The lowest BCUT2D eigenvalue weighted by Gasteiger charge is -1.93. The molecule has 0 saturated carbocycles. The van der Waals surface area contributed by atoms with Gasteiger partial charge in [-0.1, -0.05) is 78.9 Å². The molecule has 4 nitrogen and oxygen atoms in total. The molecular weight excluding hydrogens is 356 g/mol. The smallest absolute Gasteiger partial charge is 0.176 e. The molecule has 1 aliphatic carbocycles. The van der Waals surface area contributed by atoms with Crippen LogP contribution in [-0.2, 0) is 7.05 Å². The third kappa shape index (κ3) is 3.64. The molecule has 0 amide bonds. The number of hydrogen-bond donors (Lipinski definition) is 1. The van der Waals surface area contributed by atoms with Crippen molar-refractivity contribution in [2.24, 2.45) is 7.05 Å². The molecular formula is C25H18N4. The fourth-order valence-corrected chi connectivity index (χ4v) is 3.27. The van der Waals surface area contributed by atoms with Crippen molar-refractivity contribution in [1.82, 2.24) is 9.55 Å². The third-order valence-electron chi connectivity index (χ3n) is 4.90. The van der Waals surface area contributed by atoms with Gasteiger partial charge in [0, 0.05) is 12.9 Å². The molecule has 0 radical (unpaired) electrons. The number of nitrogens with one attached hydrogen (secondary N) is 1. The molecule has 0 saturated heterocycles. The van der Waals surface area contributed by atoms with Crippen molar-refractivity contribution >= 4 is 23.6 Å². The Morgan fingerprint density at radius 3 is 2.03 bits per heavy atom. The summed E-state index contributed by atoms with van der Waals surface area (Å²) in [6.07, 6.45) is 12.1. The van der Waals surface area contributed by atoms with Crippen LogP contribution in [0, 0.1) is 27.2 Å². The van der Waals surface area contributed by atoms with Crippen molar-refractivity contribution in [3.05, 3.63) is 110 Å². The van der Waals surface area contributed by atoms with E-state index in [1.807, 2.05) is 30.4 Å². The maximum atomic E-state index is 9.11. The standard InChI is InChI=1S/C25H18N4/c1-29-24(17-27)23(16-26)28-25(29)15-8-18-6-9-20(10-7-18)22-13-11-21(12-14-22)19-4-2-3-5-19/h2-15,27H,1H3/b25-15-. The van der Waals surface area contributed by atoms with Gasteiger partial charge in [-0.25, -0.2) is 4.98 Å². The molecule has 1 aromatic heterocycles. The first kappa shape index (κ1) is 18.2. The number of aromatic nitrogens is 2. The Morgan fingerprint density at radius 2 is 1.48 bits per heavy atom. The van der Waals surface area contributed by atoms with E-state index in [-0.39, 0.29) is 5.69 Å². The minimum atomic E-state index is 0.211. The van der Waals surface area contributed by atoms with Crippen molar-refractivity contribution in [2.75, 3.05) is 0 Å². The van der Waals surface area contributed by atoms with Crippen LogP contribution < -0.4 is 21.3 Å². The molecule has 1 heterocycles. The predicted octanol–water partition coefficient (Wildman–Crippen LogP) is 1.04. The molecule has 1 aliphatic rings. The number of hydrogen-bond acceptors (Lipinski definition) is 3. The molecule has 138 valence electrons. The van der Waals surface area contributed by atoms with E-state index in [0.29, 0.717) is 10.8 Å². The maximum absolute atomic E-state index is 9.11. The van der Waals surface area contributed by atoms with Gasteiger partial charge in [0.15, 0.2) is 5.69 Å². The van der Waals surface area contributed by atoms with E-state index in [2.05, 4.69) is 71.5 Å². The van der Waals surface area contributed by atoms with Gasteiger partial charge in [0.25, 0.3) is 0 Å². The normalized spacial score (nSPS) is 12.8. The monoisotopic (exact) mass is 374 g/mol. The number of nitrogens with zero attached hydrogens (tertiary/aromatic N) is 3. The minimum Gasteiger partial charge on any atom is -0.319 e. The first-order chi connectivity index (χ1) is 14.2. The third-order valence-corrected chi connectivity index (χ3v) is 4.90. The summed E-state index contributed by atoms with van der Waals surface area (Å²) in [5.74, 6) is 2.27. The van der Waals surface area contributed by atoms with Crippen LogP contribution in [0.25, 0.3) is 17.7 Å². The van der Waals surface area contributed by atoms with Gasteiger partial charge in [-0.05, 0) is 32.5 Å². The lowest BCUT2D eigenvalue weighted by Crippen LogP contribution is -2.25. The van der Waals surface area contributed by atoms with Crippen molar-refractivity contribution in [1.29, 1.82) is 10.7 Å². The Hall–Kier alpha value is -4.19. The number of imidazole rings is 1. The summed E-state index contributed by atoms with van der Waals surface area (Å²) < 4.78 is 1.69. The fourth-order valence-electron chi connectivity index (χ4n) is 3.27. The largest absolute Gasteiger partial charge is 0.319 e. The summed E-state index contributed by atoms with van der Waals surface area (Å²) in [4.78, 5) is 4.24. The van der Waals surface area contributed by atoms with Gasteiger partial charge < -0.3 is 4.57 Å². The highest BCUT2D eigenvalue weighted by atomic mass is 15.0. The second-order valence-electron chi connectivity index (χ2n) is 6.67. The van der Waals surface area contributed by atoms with Crippen LogP contribution in [0.5, 0.6) is 0 Å². The molecule has 0 bridgehead atoms. The zero-order chi connectivity index (χ0) is 20.2. The Labute approximate surface area is 167 Å². The lowest BCUT2D eigenvalue weighted by molar-refractivity contribution is 0.845. The van der Waals surface area contributed by atoms with Crippen molar-refractivity contribution in [3.8, 4) is 6.07 Å². The fraction of sp³-hybridized carbons (Fsp3) is 0.0400. The summed E-state index contributed by atoms with van der Waals surface area (Å²) in [6.45, 7) is 0. The van der Waals surface area contributed by atoms with Gasteiger partial charge in [-0.2, -0.15) is 5.26 Å². The Bertz CT molecular complexity index is 1510. The molecule has 4 rings (SSSR count). The number of benzene rings is 2. The molecule has 4 heteroatoms. The highest BCUT2D eigenvalue weighted by Gasteiger charge is 2.01. The number of rotatable bonds is 1. The van der Waals surface area contributed by atoms with Gasteiger partial charge >= 0.3 is 0 Å². The lowest BCUT2D eigenvalue weighted by atomic mass is 10.1. The average Bonchev–Trinajstić information content (AvgIpc) is 3.41. The van der Waals surface area contributed by atoms with Crippen LogP contribution in [0.3, 0.4) is 0 Å². The van der Waals surface area contributed by atoms with Gasteiger partial charge in [-0.15, -0.1) is 0 Å². The van der Waals surface area contributed by atoms with Crippen molar-refractivity contribution in [3.63, 3.8) is 0 Å². The average molecular weight is 374 g/mol. The highest BCUT2D eigenvalue weighted by Crippen LogP contribution is 2.06. The van der Waals surface area contributed by atoms with E-state index in [9.17, 15) is 0 Å². The number of nitriles is 1. The van der Waals surface area contributed by atoms with Crippen molar-refractivity contribution in [2.45, 2.75) is 0 Å². The molecule has 0 fully saturated rings. The second-order valence-corrected chi connectivity index (χ2v) is 6.67. The molecule has 0 aliphatic heterocycles. The van der Waals surface area contributed by atoms with E-state index >= 15 is 0 Å². The molecule has 3 aromatic rings. The van der Waals surface area contributed by atoms with E-state index in [0.717, 1.165) is 10.4 Å². The Balaban J connectivity index is 1.75. The van der Waals surface area contributed by atoms with Crippen LogP contribution in [0.1, 0.15) is 5.69 Å². The quantitative estimate of drug-likeness (QED) is 0.647. The van der Waals surface area contributed by atoms with Gasteiger partial charge in [0.2, 0.25) is 0 Å². The molecule has 29 heavy (non-hydrogen) atoms. The second kappa shape index (κ2) is 7.82. The predicted molar refractivity (Wildman–Crippen MR) is 114 cm³/mol. The van der Waals surface area contributed by atoms with E-state index in [1.165, 1.54) is 16.0 Å². The van der Waals surface area contributed by atoms with Gasteiger partial charge in [-0.3, -0.25) is 5.41 Å². The van der Waals surface area contributed by atoms with E-state index < -0.39 is 0 Å². The van der Waals surface area contributed by atoms with Crippen molar-refractivity contribution < 1.29 is 0 Å². The van der Waals surface area contributed by atoms with E-state index in [4.69, 9.17) is 10.7 Å². The first-order valence-electron chi connectivity index (χ1n) is 9.20. The Kier molecular flexibility index (Phi) is 4.90. The Morgan fingerprint density at radius 1 is 0.897 bits per heavy atom. The van der Waals surface area contributed by atoms with Gasteiger partial charge in [0.05, 0.1) is 0 Å². The molecule has 0 atom stereocenters. The van der Waals surface area contributed by atoms with Crippen LogP contribution >= 0.6 is 0 Å². The first-order valence-corrected chi connectivity index (χ1v) is 9.20. The summed E-state index contributed by atoms with van der Waals surface area (Å²) >= 11 is 0.